The average molecular weight is 562 g/mol. The third-order valence-corrected chi connectivity index (χ3v) is 5.84. The molecule has 2 amide bonds. The molecular formula is C18H14BrF6N3O4S. The quantitative estimate of drug-likeness (QED) is 0.481. The molecule has 2 heterocycles. The molecule has 2 aromatic rings. The number of likely N-dealkylation sites (tertiary alicyclic amines) is 1. The lowest BCUT2D eigenvalue weighted by molar-refractivity contribution is -0.274. The molecule has 1 atom stereocenters. The lowest BCUT2D eigenvalue weighted by Crippen LogP contribution is -2.47. The number of rotatable bonds is 6. The average Bonchev–Trinajstić information content (AvgIpc) is 3.26. The monoisotopic (exact) mass is 561 g/mol. The summed E-state index contributed by atoms with van der Waals surface area (Å²) in [5.74, 6) is -2.78. The molecule has 1 aliphatic rings. The van der Waals surface area contributed by atoms with Crippen molar-refractivity contribution >= 4 is 44.8 Å². The van der Waals surface area contributed by atoms with Crippen LogP contribution in [-0.2, 0) is 4.79 Å². The fourth-order valence-corrected chi connectivity index (χ4v) is 4.24. The van der Waals surface area contributed by atoms with Crippen LogP contribution in [0.1, 0.15) is 16.9 Å². The van der Waals surface area contributed by atoms with E-state index in [9.17, 15) is 35.9 Å². The highest BCUT2D eigenvalue weighted by Crippen LogP contribution is 2.36. The molecule has 180 valence electrons. The molecule has 15 heteroatoms. The second-order valence-electron chi connectivity index (χ2n) is 6.75. The molecule has 0 saturated carbocycles. The van der Waals surface area contributed by atoms with Crippen molar-refractivity contribution in [3.8, 4) is 11.5 Å². The molecule has 0 spiro atoms. The van der Waals surface area contributed by atoms with E-state index >= 15 is 0 Å². The molecule has 0 N–H and O–H groups in total. The van der Waals surface area contributed by atoms with Gasteiger partial charge in [-0.15, -0.1) is 24.5 Å². The summed E-state index contributed by atoms with van der Waals surface area (Å²) in [6, 6.07) is 1.51. The van der Waals surface area contributed by atoms with Gasteiger partial charge in [0.2, 0.25) is 5.91 Å². The zero-order chi connectivity index (χ0) is 24.6. The van der Waals surface area contributed by atoms with Crippen LogP contribution in [0.3, 0.4) is 0 Å². The van der Waals surface area contributed by atoms with Gasteiger partial charge < -0.3 is 14.4 Å². The number of halogens is 7. The summed E-state index contributed by atoms with van der Waals surface area (Å²) >= 11 is 4.11. The number of methoxy groups -OCH3 is 1. The topological polar surface area (TPSA) is 72.0 Å². The Balaban J connectivity index is 2.06. The molecule has 0 unspecified atom stereocenters. The van der Waals surface area contributed by atoms with Crippen molar-refractivity contribution < 1.29 is 45.4 Å². The first-order valence-corrected chi connectivity index (χ1v) is 10.7. The van der Waals surface area contributed by atoms with Crippen LogP contribution in [0.2, 0.25) is 0 Å². The molecule has 33 heavy (non-hydrogen) atoms. The molecular weight excluding hydrogens is 548 g/mol. The van der Waals surface area contributed by atoms with Gasteiger partial charge in [-0.25, -0.2) is 4.98 Å². The van der Waals surface area contributed by atoms with Crippen LogP contribution in [0.15, 0.2) is 27.5 Å². The second kappa shape index (κ2) is 9.37. The van der Waals surface area contributed by atoms with Crippen LogP contribution >= 0.6 is 27.3 Å². The number of anilines is 1. The molecule has 0 radical (unpaired) electrons. The predicted molar refractivity (Wildman–Crippen MR) is 107 cm³/mol. The van der Waals surface area contributed by atoms with Gasteiger partial charge in [-0.2, -0.15) is 13.2 Å². The summed E-state index contributed by atoms with van der Waals surface area (Å²) in [7, 11) is 1.16. The molecule has 3 rings (SSSR count). The summed E-state index contributed by atoms with van der Waals surface area (Å²) in [5.41, 5.74) is -0.398. The largest absolute Gasteiger partial charge is 0.573 e. The number of carbonyl (C=O) groups excluding carboxylic acids is 2. The Hall–Kier alpha value is -2.55. The first-order valence-electron chi connectivity index (χ1n) is 9.02. The van der Waals surface area contributed by atoms with Crippen molar-refractivity contribution in [3.05, 3.63) is 33.2 Å². The molecule has 1 fully saturated rings. The van der Waals surface area contributed by atoms with Gasteiger partial charge in [0.1, 0.15) is 29.8 Å². The van der Waals surface area contributed by atoms with Crippen molar-refractivity contribution in [3.63, 3.8) is 0 Å². The maximum absolute atomic E-state index is 13.2. The molecule has 0 aliphatic carbocycles. The van der Waals surface area contributed by atoms with Gasteiger partial charge in [0.15, 0.2) is 3.92 Å². The fraction of sp³-hybridized carbons (Fsp3) is 0.389. The van der Waals surface area contributed by atoms with E-state index in [1.54, 1.807) is 0 Å². The van der Waals surface area contributed by atoms with Gasteiger partial charge in [0.25, 0.3) is 5.91 Å². The summed E-state index contributed by atoms with van der Waals surface area (Å²) in [6.07, 6.45) is -9.91. The number of carbonyl (C=O) groups is 2. The smallest absolute Gasteiger partial charge is 0.497 e. The van der Waals surface area contributed by atoms with Crippen molar-refractivity contribution in [2.75, 3.05) is 25.1 Å². The Morgan fingerprint density at radius 3 is 2.45 bits per heavy atom. The predicted octanol–water partition coefficient (Wildman–Crippen LogP) is 4.62. The molecule has 7 nitrogen and oxygen atoms in total. The van der Waals surface area contributed by atoms with Crippen molar-refractivity contribution in [2.24, 2.45) is 0 Å². The van der Waals surface area contributed by atoms with Gasteiger partial charge >= 0.3 is 12.5 Å². The maximum Gasteiger partial charge on any atom is 0.573 e. The van der Waals surface area contributed by atoms with E-state index in [0.717, 1.165) is 35.5 Å². The Labute approximate surface area is 195 Å². The Morgan fingerprint density at radius 2 is 1.91 bits per heavy atom. The number of hydrogen-bond acceptors (Lipinski definition) is 6. The van der Waals surface area contributed by atoms with Crippen LogP contribution < -0.4 is 14.4 Å². The van der Waals surface area contributed by atoms with Gasteiger partial charge in [-0.05, 0) is 22.4 Å². The molecule has 1 saturated heterocycles. The Kier molecular flexibility index (Phi) is 7.12. The van der Waals surface area contributed by atoms with Crippen molar-refractivity contribution in [1.29, 1.82) is 0 Å². The van der Waals surface area contributed by atoms with Crippen LogP contribution in [0.4, 0.5) is 32.0 Å². The number of benzene rings is 1. The molecule has 1 aromatic heterocycles. The fourth-order valence-electron chi connectivity index (χ4n) is 3.25. The first-order chi connectivity index (χ1) is 15.3. The lowest BCUT2D eigenvalue weighted by atomic mass is 10.1. The number of aromatic nitrogens is 1. The molecule has 0 bridgehead atoms. The standard InChI is InChI=1S/C18H14BrF6N3O4S/c1-31-10-4-9(5-11(6-10)32-18(23,24)25)28(14(29)12-7-33-16(19)26-12)13-2-3-27(15(13)30)8-17(20,21)22/h4-7,13H,2-3,8H2,1H3/t13-/m1/s1. The summed E-state index contributed by atoms with van der Waals surface area (Å²) in [4.78, 5) is 31.3. The van der Waals surface area contributed by atoms with Crippen molar-refractivity contribution in [2.45, 2.75) is 25.0 Å². The Morgan fingerprint density at radius 1 is 1.24 bits per heavy atom. The number of nitrogens with zero attached hydrogens (tertiary/aromatic N) is 3. The van der Waals surface area contributed by atoms with Crippen LogP contribution in [0.5, 0.6) is 11.5 Å². The molecule has 1 aliphatic heterocycles. The van der Waals surface area contributed by atoms with E-state index in [0.29, 0.717) is 8.82 Å². The summed E-state index contributed by atoms with van der Waals surface area (Å²) in [5, 5.41) is 1.33. The van der Waals surface area contributed by atoms with Gasteiger partial charge in [0.05, 0.1) is 12.8 Å². The highest BCUT2D eigenvalue weighted by Gasteiger charge is 2.44. The van der Waals surface area contributed by atoms with E-state index < -0.39 is 42.7 Å². The maximum atomic E-state index is 13.2. The van der Waals surface area contributed by atoms with Gasteiger partial charge in [0, 0.05) is 30.1 Å². The lowest BCUT2D eigenvalue weighted by Gasteiger charge is -2.28. The number of alkyl halides is 6. The van der Waals surface area contributed by atoms with E-state index in [1.807, 2.05) is 0 Å². The normalized spacial score (nSPS) is 16.8. The zero-order valence-electron chi connectivity index (χ0n) is 16.5. The third kappa shape index (κ3) is 6.28. The SMILES string of the molecule is COc1cc(OC(F)(F)F)cc(N(C(=O)c2csc(Br)n2)[C@@H]2CCN(CC(F)(F)F)C2=O)c1. The number of hydrogen-bond donors (Lipinski definition) is 0. The highest BCUT2D eigenvalue weighted by molar-refractivity contribution is 9.11. The van der Waals surface area contributed by atoms with Gasteiger partial charge in [-0.3, -0.25) is 14.5 Å². The minimum atomic E-state index is -5.06. The van der Waals surface area contributed by atoms with E-state index in [1.165, 1.54) is 11.4 Å². The zero-order valence-corrected chi connectivity index (χ0v) is 18.9. The minimum absolute atomic E-state index is 0.137. The summed E-state index contributed by atoms with van der Waals surface area (Å²) in [6.45, 7) is -1.82. The van der Waals surface area contributed by atoms with Crippen LogP contribution in [-0.4, -0.2) is 60.5 Å². The summed E-state index contributed by atoms with van der Waals surface area (Å²) < 4.78 is 86.1. The Bertz CT molecular complexity index is 1040. The van der Waals surface area contributed by atoms with Gasteiger partial charge in [-0.1, -0.05) is 0 Å². The van der Waals surface area contributed by atoms with E-state index in [4.69, 9.17) is 4.74 Å². The van der Waals surface area contributed by atoms with Crippen LogP contribution in [0, 0.1) is 0 Å². The second-order valence-corrected chi connectivity index (χ2v) is 8.89. The van der Waals surface area contributed by atoms with E-state index in [2.05, 4.69) is 25.7 Å². The first kappa shape index (κ1) is 25.1. The number of amides is 2. The highest BCUT2D eigenvalue weighted by atomic mass is 79.9. The number of thiazole rings is 1. The third-order valence-electron chi connectivity index (χ3n) is 4.48. The van der Waals surface area contributed by atoms with Crippen LogP contribution in [0.25, 0.3) is 0 Å². The van der Waals surface area contributed by atoms with Crippen molar-refractivity contribution in [1.82, 2.24) is 9.88 Å². The minimum Gasteiger partial charge on any atom is -0.497 e. The van der Waals surface area contributed by atoms with E-state index in [-0.39, 0.29) is 30.1 Å². The molecule has 1 aromatic carbocycles. The number of ether oxygens (including phenoxy) is 2.